The topological polar surface area (TPSA) is 51.6 Å². The Labute approximate surface area is 119 Å². The van der Waals surface area contributed by atoms with Crippen LogP contribution in [0.3, 0.4) is 0 Å². The second-order valence-electron chi connectivity index (χ2n) is 4.73. The number of rotatable bonds is 5. The molecule has 1 aromatic carbocycles. The van der Waals surface area contributed by atoms with Gasteiger partial charge in [-0.05, 0) is 43.7 Å². The van der Waals surface area contributed by atoms with E-state index in [4.69, 9.17) is 9.47 Å². The number of ether oxygens (including phenoxy) is 2. The Bertz CT molecular complexity index is 552. The molecule has 0 aliphatic rings. The highest BCUT2D eigenvalue weighted by atomic mass is 16.5. The summed E-state index contributed by atoms with van der Waals surface area (Å²) in [7, 11) is 1.56. The molecular weight excluding hydrogens is 254 g/mol. The minimum atomic E-state index is -0.820. The third-order valence-electron chi connectivity index (χ3n) is 2.85. The molecule has 0 radical (unpaired) electrons. The van der Waals surface area contributed by atoms with E-state index < -0.39 is 6.10 Å². The lowest BCUT2D eigenvalue weighted by molar-refractivity contribution is 0.208. The van der Waals surface area contributed by atoms with Crippen molar-refractivity contribution >= 4 is 0 Å². The molecule has 0 aliphatic heterocycles. The van der Waals surface area contributed by atoms with Crippen LogP contribution in [0.1, 0.15) is 31.2 Å². The third-order valence-corrected chi connectivity index (χ3v) is 2.85. The minimum Gasteiger partial charge on any atom is -0.495 e. The van der Waals surface area contributed by atoms with Crippen molar-refractivity contribution in [2.24, 2.45) is 0 Å². The first-order valence-electron chi connectivity index (χ1n) is 6.55. The average Bonchev–Trinajstić information content (AvgIpc) is 2.46. The highest BCUT2D eigenvalue weighted by molar-refractivity contribution is 5.37. The van der Waals surface area contributed by atoms with Gasteiger partial charge in [-0.3, -0.25) is 4.98 Å². The highest BCUT2D eigenvalue weighted by Crippen LogP contribution is 2.28. The first-order chi connectivity index (χ1) is 9.61. The first-order valence-corrected chi connectivity index (χ1v) is 6.55. The molecule has 0 saturated carbocycles. The molecule has 0 saturated heterocycles. The molecule has 0 amide bonds. The Morgan fingerprint density at radius 1 is 1.10 bits per heavy atom. The summed E-state index contributed by atoms with van der Waals surface area (Å²) in [6.07, 6.45) is 0.943. The maximum Gasteiger partial charge on any atom is 0.143 e. The Balaban J connectivity index is 2.22. The molecule has 20 heavy (non-hydrogen) atoms. The molecule has 106 valence electrons. The molecule has 0 fully saturated rings. The molecule has 0 aliphatic carbocycles. The van der Waals surface area contributed by atoms with Crippen LogP contribution in [0.5, 0.6) is 11.5 Å². The number of aliphatic hydroxyl groups is 1. The van der Waals surface area contributed by atoms with E-state index in [1.807, 2.05) is 38.1 Å². The molecular formula is C16H19NO3. The van der Waals surface area contributed by atoms with E-state index in [0.29, 0.717) is 11.4 Å². The molecule has 4 heteroatoms. The van der Waals surface area contributed by atoms with E-state index >= 15 is 0 Å². The van der Waals surface area contributed by atoms with E-state index in [2.05, 4.69) is 4.98 Å². The van der Waals surface area contributed by atoms with Gasteiger partial charge < -0.3 is 14.6 Å². The highest BCUT2D eigenvalue weighted by Gasteiger charge is 2.16. The number of benzene rings is 1. The maximum absolute atomic E-state index is 10.4. The van der Waals surface area contributed by atoms with Gasteiger partial charge in [0.25, 0.3) is 0 Å². The minimum absolute atomic E-state index is 0.127. The number of hydrogen-bond donors (Lipinski definition) is 1. The van der Waals surface area contributed by atoms with Gasteiger partial charge in [-0.25, -0.2) is 0 Å². The van der Waals surface area contributed by atoms with Crippen LogP contribution < -0.4 is 9.47 Å². The van der Waals surface area contributed by atoms with Crippen molar-refractivity contribution in [1.29, 1.82) is 0 Å². The van der Waals surface area contributed by atoms with Gasteiger partial charge in [-0.15, -0.1) is 0 Å². The van der Waals surface area contributed by atoms with Gasteiger partial charge in [0.05, 0.1) is 13.2 Å². The molecule has 1 aromatic heterocycles. The number of pyridine rings is 1. The summed E-state index contributed by atoms with van der Waals surface area (Å²) in [4.78, 5) is 4.19. The van der Waals surface area contributed by atoms with Gasteiger partial charge in [-0.1, -0.05) is 12.1 Å². The predicted octanol–water partition coefficient (Wildman–Crippen LogP) is 2.96. The van der Waals surface area contributed by atoms with E-state index in [-0.39, 0.29) is 6.10 Å². The third kappa shape index (κ3) is 3.27. The van der Waals surface area contributed by atoms with Crippen molar-refractivity contribution in [3.05, 3.63) is 53.9 Å². The Kier molecular flexibility index (Phi) is 4.58. The first kappa shape index (κ1) is 14.3. The summed E-state index contributed by atoms with van der Waals surface area (Å²) >= 11 is 0. The number of aliphatic hydroxyl groups excluding tert-OH is 1. The average molecular weight is 273 g/mol. The van der Waals surface area contributed by atoms with Crippen molar-refractivity contribution in [3.8, 4) is 11.5 Å². The normalized spacial score (nSPS) is 12.2. The summed E-state index contributed by atoms with van der Waals surface area (Å²) < 4.78 is 10.8. The standard InChI is InChI=1S/C16H19NO3/c1-11(2)20-13-8-6-12(7-9-13)16(18)15-14(19-3)5-4-10-17-15/h4-11,16,18H,1-3H3. The SMILES string of the molecule is COc1cccnc1C(O)c1ccc(OC(C)C)cc1. The summed E-state index contributed by atoms with van der Waals surface area (Å²) in [6, 6.07) is 10.9. The maximum atomic E-state index is 10.4. The molecule has 2 rings (SSSR count). The molecule has 1 atom stereocenters. The number of nitrogens with zero attached hydrogens (tertiary/aromatic N) is 1. The molecule has 4 nitrogen and oxygen atoms in total. The Morgan fingerprint density at radius 2 is 1.80 bits per heavy atom. The predicted molar refractivity (Wildman–Crippen MR) is 77.1 cm³/mol. The fraction of sp³-hybridized carbons (Fsp3) is 0.312. The van der Waals surface area contributed by atoms with E-state index in [0.717, 1.165) is 11.3 Å². The zero-order chi connectivity index (χ0) is 14.5. The quantitative estimate of drug-likeness (QED) is 0.910. The van der Waals surface area contributed by atoms with Crippen molar-refractivity contribution in [2.45, 2.75) is 26.1 Å². The van der Waals surface area contributed by atoms with Crippen molar-refractivity contribution < 1.29 is 14.6 Å². The van der Waals surface area contributed by atoms with Crippen LogP contribution in [-0.4, -0.2) is 23.3 Å². The second-order valence-corrected chi connectivity index (χ2v) is 4.73. The molecule has 1 unspecified atom stereocenters. The summed E-state index contributed by atoms with van der Waals surface area (Å²) in [5, 5.41) is 10.4. The zero-order valence-corrected chi connectivity index (χ0v) is 11.9. The smallest absolute Gasteiger partial charge is 0.143 e. The van der Waals surface area contributed by atoms with Crippen LogP contribution in [0, 0.1) is 0 Å². The fourth-order valence-electron chi connectivity index (χ4n) is 1.94. The Morgan fingerprint density at radius 3 is 2.40 bits per heavy atom. The summed E-state index contributed by atoms with van der Waals surface area (Å²) in [6.45, 7) is 3.95. The van der Waals surface area contributed by atoms with Crippen molar-refractivity contribution in [1.82, 2.24) is 4.98 Å². The zero-order valence-electron chi connectivity index (χ0n) is 11.9. The van der Waals surface area contributed by atoms with Crippen LogP contribution >= 0.6 is 0 Å². The van der Waals surface area contributed by atoms with Crippen LogP contribution in [0.2, 0.25) is 0 Å². The molecule has 0 spiro atoms. The molecule has 2 aromatic rings. The van der Waals surface area contributed by atoms with Gasteiger partial charge in [0.2, 0.25) is 0 Å². The van der Waals surface area contributed by atoms with Gasteiger partial charge in [0, 0.05) is 6.20 Å². The van der Waals surface area contributed by atoms with Crippen LogP contribution in [0.4, 0.5) is 0 Å². The van der Waals surface area contributed by atoms with Gasteiger partial charge in [-0.2, -0.15) is 0 Å². The van der Waals surface area contributed by atoms with Crippen LogP contribution in [-0.2, 0) is 0 Å². The molecule has 1 heterocycles. The van der Waals surface area contributed by atoms with Crippen molar-refractivity contribution in [3.63, 3.8) is 0 Å². The van der Waals surface area contributed by atoms with Gasteiger partial charge in [0.1, 0.15) is 23.3 Å². The monoisotopic (exact) mass is 273 g/mol. The number of hydrogen-bond acceptors (Lipinski definition) is 4. The van der Waals surface area contributed by atoms with Crippen LogP contribution in [0.25, 0.3) is 0 Å². The lowest BCUT2D eigenvalue weighted by Crippen LogP contribution is -2.07. The largest absolute Gasteiger partial charge is 0.495 e. The van der Waals surface area contributed by atoms with Gasteiger partial charge in [0.15, 0.2) is 0 Å². The molecule has 1 N–H and O–H groups in total. The second kappa shape index (κ2) is 6.39. The Hall–Kier alpha value is -2.07. The lowest BCUT2D eigenvalue weighted by Gasteiger charge is -2.15. The summed E-state index contributed by atoms with van der Waals surface area (Å²) in [5.74, 6) is 1.35. The lowest BCUT2D eigenvalue weighted by atomic mass is 10.1. The fourth-order valence-corrected chi connectivity index (χ4v) is 1.94. The van der Waals surface area contributed by atoms with E-state index in [9.17, 15) is 5.11 Å². The molecule has 0 bridgehead atoms. The van der Waals surface area contributed by atoms with Crippen LogP contribution in [0.15, 0.2) is 42.6 Å². The van der Waals surface area contributed by atoms with Gasteiger partial charge >= 0.3 is 0 Å². The number of aromatic nitrogens is 1. The van der Waals surface area contributed by atoms with Crippen molar-refractivity contribution in [2.75, 3.05) is 7.11 Å². The number of methoxy groups -OCH3 is 1. The van der Waals surface area contributed by atoms with E-state index in [1.54, 1.807) is 25.4 Å². The summed E-state index contributed by atoms with van der Waals surface area (Å²) in [5.41, 5.74) is 1.26. The van der Waals surface area contributed by atoms with E-state index in [1.165, 1.54) is 0 Å².